The van der Waals surface area contributed by atoms with Crippen molar-refractivity contribution in [2.75, 3.05) is 13.7 Å². The lowest BCUT2D eigenvalue weighted by molar-refractivity contribution is -0.149. The second-order valence-electron chi connectivity index (χ2n) is 8.61. The lowest BCUT2D eigenvalue weighted by Crippen LogP contribution is -2.41. The minimum Gasteiger partial charge on any atom is -0.462 e. The minimum atomic E-state index is -1.60. The molecule has 0 bridgehead atoms. The molecule has 0 aromatic rings. The number of amides is 1. The summed E-state index contributed by atoms with van der Waals surface area (Å²) in [6, 6.07) is -1.32. The van der Waals surface area contributed by atoms with Gasteiger partial charge in [-0.2, -0.15) is 0 Å². The molecule has 0 saturated carbocycles. The SMILES string of the molecule is C=CN(/C=C\C(=O)NC)[C@H]1CC[C@@H](COP(NC(C)C(=O)OC(C)C)NC(C)C(=O)OC(C)C)O1. The molecular formula is C23H41N4O7P. The number of likely N-dealkylation sites (N-methyl/N-ethyl adjacent to an activating group) is 1. The summed E-state index contributed by atoms with van der Waals surface area (Å²) < 4.78 is 22.6. The largest absolute Gasteiger partial charge is 0.462 e. The smallest absolute Gasteiger partial charge is 0.323 e. The van der Waals surface area contributed by atoms with Gasteiger partial charge in [0.2, 0.25) is 5.91 Å². The predicted molar refractivity (Wildman–Crippen MR) is 134 cm³/mol. The molecule has 3 N–H and O–H groups in total. The lowest BCUT2D eigenvalue weighted by atomic mass is 10.2. The van der Waals surface area contributed by atoms with Gasteiger partial charge < -0.3 is 29.0 Å². The van der Waals surface area contributed by atoms with Crippen LogP contribution in [0.3, 0.4) is 0 Å². The molecule has 1 aliphatic rings. The van der Waals surface area contributed by atoms with E-state index in [0.29, 0.717) is 6.42 Å². The number of hydrogen-bond donors (Lipinski definition) is 3. The summed E-state index contributed by atoms with van der Waals surface area (Å²) in [5.74, 6) is -1.07. The highest BCUT2D eigenvalue weighted by atomic mass is 31.2. The maximum atomic E-state index is 12.3. The normalized spacial score (nSPS) is 20.5. The number of carbonyl (C=O) groups is 3. The average Bonchev–Trinajstić information content (AvgIpc) is 3.25. The van der Waals surface area contributed by atoms with Crippen LogP contribution in [0.5, 0.6) is 0 Å². The molecule has 0 aromatic heterocycles. The third-order valence-corrected chi connectivity index (χ3v) is 6.35. The third-order valence-electron chi connectivity index (χ3n) is 4.70. The highest BCUT2D eigenvalue weighted by molar-refractivity contribution is 7.48. The number of hydrogen-bond acceptors (Lipinski definition) is 10. The van der Waals surface area contributed by atoms with Gasteiger partial charge in [0.05, 0.1) is 24.9 Å². The molecule has 1 fully saturated rings. The van der Waals surface area contributed by atoms with Crippen molar-refractivity contribution in [3.05, 3.63) is 25.1 Å². The summed E-state index contributed by atoms with van der Waals surface area (Å²) in [6.45, 7) is 14.4. The first-order chi connectivity index (χ1) is 16.5. The zero-order chi connectivity index (χ0) is 26.5. The molecule has 0 spiro atoms. The summed E-state index contributed by atoms with van der Waals surface area (Å²) >= 11 is 0. The molecule has 0 aliphatic carbocycles. The fourth-order valence-electron chi connectivity index (χ4n) is 2.94. The van der Waals surface area contributed by atoms with Gasteiger partial charge in [-0.25, -0.2) is 10.2 Å². The number of ether oxygens (including phenoxy) is 3. The van der Waals surface area contributed by atoms with E-state index in [-0.39, 0.29) is 37.1 Å². The summed E-state index contributed by atoms with van der Waals surface area (Å²) in [5.41, 5.74) is 0. The van der Waals surface area contributed by atoms with E-state index in [2.05, 4.69) is 22.1 Å². The quantitative estimate of drug-likeness (QED) is 0.169. The number of carbonyl (C=O) groups excluding carboxylic acids is 3. The number of rotatable bonds is 15. The first kappa shape index (κ1) is 31.0. The van der Waals surface area contributed by atoms with Crippen molar-refractivity contribution in [3.63, 3.8) is 0 Å². The van der Waals surface area contributed by atoms with Crippen LogP contribution < -0.4 is 15.5 Å². The molecule has 11 nitrogen and oxygen atoms in total. The molecule has 1 aliphatic heterocycles. The molecule has 35 heavy (non-hydrogen) atoms. The van der Waals surface area contributed by atoms with Crippen LogP contribution in [-0.2, 0) is 33.1 Å². The predicted octanol–water partition coefficient (Wildman–Crippen LogP) is 2.30. The Morgan fingerprint density at radius 2 is 1.57 bits per heavy atom. The highest BCUT2D eigenvalue weighted by Gasteiger charge is 2.31. The van der Waals surface area contributed by atoms with Gasteiger partial charge in [-0.05, 0) is 60.6 Å². The van der Waals surface area contributed by atoms with Gasteiger partial charge in [0.15, 0.2) is 8.45 Å². The molecule has 200 valence electrons. The number of nitrogens with one attached hydrogen (secondary N) is 3. The monoisotopic (exact) mass is 516 g/mol. The fourth-order valence-corrected chi connectivity index (χ4v) is 4.39. The van der Waals surface area contributed by atoms with E-state index in [1.807, 2.05) is 0 Å². The van der Waals surface area contributed by atoms with Crippen LogP contribution in [-0.4, -0.2) is 73.0 Å². The molecule has 1 saturated heterocycles. The Morgan fingerprint density at radius 3 is 2.03 bits per heavy atom. The molecular weight excluding hydrogens is 475 g/mol. The van der Waals surface area contributed by atoms with Gasteiger partial charge in [0.1, 0.15) is 18.3 Å². The molecule has 2 unspecified atom stereocenters. The van der Waals surface area contributed by atoms with Crippen LogP contribution in [0.2, 0.25) is 0 Å². The maximum Gasteiger partial charge on any atom is 0.323 e. The van der Waals surface area contributed by atoms with E-state index < -0.39 is 32.5 Å². The Labute approximate surface area is 209 Å². The number of esters is 2. The van der Waals surface area contributed by atoms with Crippen LogP contribution in [0.15, 0.2) is 25.1 Å². The van der Waals surface area contributed by atoms with Gasteiger partial charge in [-0.1, -0.05) is 6.58 Å². The van der Waals surface area contributed by atoms with E-state index in [1.165, 1.54) is 6.08 Å². The van der Waals surface area contributed by atoms with Crippen molar-refractivity contribution < 1.29 is 33.1 Å². The summed E-state index contributed by atoms with van der Waals surface area (Å²) in [6.07, 6.45) is 5.04. The third kappa shape index (κ3) is 12.0. The first-order valence-electron chi connectivity index (χ1n) is 11.8. The van der Waals surface area contributed by atoms with Crippen LogP contribution >= 0.6 is 8.45 Å². The van der Waals surface area contributed by atoms with Crippen molar-refractivity contribution in [2.45, 2.75) is 91.0 Å². The Balaban J connectivity index is 2.75. The standard InChI is InChI=1S/C23H41N4O7P/c1-9-27(13-12-20(28)24-8)21-11-10-19(34-21)14-31-35(25-17(6)22(29)32-15(2)3)26-18(7)23(30)33-16(4)5/h9,12-13,15-19,21,25-26H,1,10-11,14H2,2-8H3,(H,24,28)/b13-12-/t17?,18?,19-,21+,35?/m0/s1. The van der Waals surface area contributed by atoms with Gasteiger partial charge in [0.25, 0.3) is 0 Å². The zero-order valence-electron chi connectivity index (χ0n) is 21.8. The van der Waals surface area contributed by atoms with Crippen LogP contribution in [0.1, 0.15) is 54.4 Å². The van der Waals surface area contributed by atoms with Gasteiger partial charge in [0, 0.05) is 19.3 Å². The Bertz CT molecular complexity index is 705. The van der Waals surface area contributed by atoms with Gasteiger partial charge in [-0.3, -0.25) is 14.4 Å². The average molecular weight is 517 g/mol. The summed E-state index contributed by atoms with van der Waals surface area (Å²) in [4.78, 5) is 37.8. The first-order valence-corrected chi connectivity index (χ1v) is 13.0. The molecule has 0 radical (unpaired) electrons. The second-order valence-corrected chi connectivity index (χ2v) is 9.98. The topological polar surface area (TPSA) is 127 Å². The van der Waals surface area contributed by atoms with Crippen molar-refractivity contribution in [3.8, 4) is 0 Å². The Morgan fingerprint density at radius 1 is 1.03 bits per heavy atom. The Hall–Kier alpha value is -2.04. The fraction of sp³-hybridized carbons (Fsp3) is 0.696. The summed E-state index contributed by atoms with van der Waals surface area (Å²) in [5, 5.41) is 8.68. The molecule has 4 atom stereocenters. The van der Waals surface area contributed by atoms with Gasteiger partial charge >= 0.3 is 11.9 Å². The van der Waals surface area contributed by atoms with Crippen LogP contribution in [0, 0.1) is 0 Å². The Kier molecular flexibility index (Phi) is 14.0. The van der Waals surface area contributed by atoms with Crippen molar-refractivity contribution in [2.24, 2.45) is 0 Å². The van der Waals surface area contributed by atoms with Gasteiger partial charge in [-0.15, -0.1) is 0 Å². The van der Waals surface area contributed by atoms with Crippen molar-refractivity contribution >= 4 is 26.3 Å². The summed E-state index contributed by atoms with van der Waals surface area (Å²) in [7, 11) is -0.0507. The van der Waals surface area contributed by atoms with E-state index in [9.17, 15) is 14.4 Å². The molecule has 1 amide bonds. The zero-order valence-corrected chi connectivity index (χ0v) is 22.7. The van der Waals surface area contributed by atoms with Crippen molar-refractivity contribution in [1.82, 2.24) is 20.4 Å². The van der Waals surface area contributed by atoms with Crippen molar-refractivity contribution in [1.29, 1.82) is 0 Å². The maximum absolute atomic E-state index is 12.3. The van der Waals surface area contributed by atoms with E-state index >= 15 is 0 Å². The molecule has 1 rings (SSSR count). The molecule has 12 heteroatoms. The minimum absolute atomic E-state index is 0.222. The van der Waals surface area contributed by atoms with E-state index in [0.717, 1.165) is 6.42 Å². The number of nitrogens with zero attached hydrogens (tertiary/aromatic N) is 1. The van der Waals surface area contributed by atoms with Crippen LogP contribution in [0.25, 0.3) is 0 Å². The second kappa shape index (κ2) is 15.9. The molecule has 0 aromatic carbocycles. The van der Waals surface area contributed by atoms with Crippen LogP contribution in [0.4, 0.5) is 0 Å². The highest BCUT2D eigenvalue weighted by Crippen LogP contribution is 2.32. The van der Waals surface area contributed by atoms with E-state index in [4.69, 9.17) is 18.7 Å². The lowest BCUT2D eigenvalue weighted by Gasteiger charge is -2.27. The molecule has 1 heterocycles. The van der Waals surface area contributed by atoms with E-state index in [1.54, 1.807) is 65.9 Å².